The van der Waals surface area contributed by atoms with Crippen LogP contribution in [0.15, 0.2) is 171 Å². The summed E-state index contributed by atoms with van der Waals surface area (Å²) in [6, 6.07) is 40.3. The molecule has 8 aromatic rings. The summed E-state index contributed by atoms with van der Waals surface area (Å²) >= 11 is 3.08. The Kier molecular flexibility index (Phi) is 15.6. The highest BCUT2D eigenvalue weighted by molar-refractivity contribution is 7.15. The van der Waals surface area contributed by atoms with Gasteiger partial charge in [0.1, 0.15) is 22.1 Å². The van der Waals surface area contributed by atoms with Crippen LogP contribution < -0.4 is 10.6 Å². The summed E-state index contributed by atoms with van der Waals surface area (Å²) in [4.78, 5) is 78.0. The Morgan fingerprint density at radius 3 is 1.22 bits per heavy atom. The summed E-state index contributed by atoms with van der Waals surface area (Å²) in [6.07, 6.45) is 11.4. The van der Waals surface area contributed by atoms with Crippen LogP contribution in [0.25, 0.3) is 32.0 Å². The standard InChI is InChI=1S/C54H50N8O4S2/c1-3-29-61(53(65)49(41-13-7-5-8-14-41)59-51(63)43-17-11-27-55-31-43)35-47-57-33-45(67-47)39-23-19-37(20-24-39)38-21-25-40(26-22-38)46-34-58-48(68-46)36-62(30-4-2)54(66)50(42-15-9-6-10-16-42)60-52(64)44-18-12-28-56-32-44/h5-28,31-34,49-50H,3-4,29-30,35-36H2,1-2H3,(H,59,63)(H,60,64). The maximum atomic E-state index is 14.2. The molecule has 14 heteroatoms. The van der Waals surface area contributed by atoms with Gasteiger partial charge in [-0.2, -0.15) is 0 Å². The van der Waals surface area contributed by atoms with Crippen molar-refractivity contribution in [2.24, 2.45) is 0 Å². The van der Waals surface area contributed by atoms with Gasteiger partial charge in [0, 0.05) is 50.3 Å². The molecule has 0 spiro atoms. The number of nitrogens with one attached hydrogen (secondary N) is 2. The number of carbonyl (C=O) groups is 4. The number of nitrogens with zero attached hydrogens (tertiary/aromatic N) is 6. The first-order valence-corrected chi connectivity index (χ1v) is 24.1. The van der Waals surface area contributed by atoms with Crippen molar-refractivity contribution < 1.29 is 19.2 Å². The zero-order valence-electron chi connectivity index (χ0n) is 37.7. The minimum absolute atomic E-state index is 0.206. The van der Waals surface area contributed by atoms with Crippen LogP contribution in [0.3, 0.4) is 0 Å². The number of pyridine rings is 2. The van der Waals surface area contributed by atoms with Crippen LogP contribution in [-0.2, 0) is 22.7 Å². The summed E-state index contributed by atoms with van der Waals surface area (Å²) in [5, 5.41) is 7.50. The normalized spacial score (nSPS) is 11.9. The fourth-order valence-corrected chi connectivity index (χ4v) is 9.62. The highest BCUT2D eigenvalue weighted by atomic mass is 32.1. The van der Waals surface area contributed by atoms with Gasteiger partial charge in [-0.1, -0.05) is 123 Å². The third kappa shape index (κ3) is 11.6. The first-order valence-electron chi connectivity index (χ1n) is 22.5. The van der Waals surface area contributed by atoms with E-state index in [1.807, 2.05) is 86.9 Å². The molecule has 4 heterocycles. The smallest absolute Gasteiger partial charge is 0.253 e. The van der Waals surface area contributed by atoms with Crippen molar-refractivity contribution in [1.29, 1.82) is 0 Å². The van der Waals surface area contributed by atoms with E-state index in [2.05, 4.69) is 69.1 Å². The van der Waals surface area contributed by atoms with Gasteiger partial charge >= 0.3 is 0 Å². The number of aromatic nitrogens is 4. The highest BCUT2D eigenvalue weighted by Gasteiger charge is 2.30. The van der Waals surface area contributed by atoms with E-state index in [9.17, 15) is 19.2 Å². The molecule has 0 aliphatic carbocycles. The molecule has 2 unspecified atom stereocenters. The van der Waals surface area contributed by atoms with Crippen LogP contribution in [-0.4, -0.2) is 66.5 Å². The molecule has 4 aromatic heterocycles. The summed E-state index contributed by atoms with van der Waals surface area (Å²) in [5.74, 6) is -1.16. The first kappa shape index (κ1) is 46.8. The first-order chi connectivity index (χ1) is 33.3. The number of hydrogen-bond acceptors (Lipinski definition) is 10. The quantitative estimate of drug-likeness (QED) is 0.0814. The van der Waals surface area contributed by atoms with E-state index in [0.29, 0.717) is 48.4 Å². The largest absolute Gasteiger partial charge is 0.336 e. The topological polar surface area (TPSA) is 150 Å². The van der Waals surface area contributed by atoms with Crippen LogP contribution in [0, 0.1) is 0 Å². The molecule has 8 rings (SSSR count). The Hall–Kier alpha value is -7.68. The Labute approximate surface area is 403 Å². The van der Waals surface area contributed by atoms with Gasteiger partial charge in [0.2, 0.25) is 11.8 Å². The Bertz CT molecular complexity index is 2710. The predicted octanol–water partition coefficient (Wildman–Crippen LogP) is 10.2. The maximum Gasteiger partial charge on any atom is 0.253 e. The number of rotatable bonds is 19. The third-order valence-corrected chi connectivity index (χ3v) is 13.3. The minimum atomic E-state index is -0.879. The lowest BCUT2D eigenvalue weighted by atomic mass is 10.0. The average Bonchev–Trinajstić information content (AvgIpc) is 4.08. The molecule has 4 aromatic carbocycles. The number of carbonyl (C=O) groups excluding carboxylic acids is 4. The van der Waals surface area contributed by atoms with Crippen molar-refractivity contribution in [2.45, 2.75) is 51.9 Å². The molecule has 2 N–H and O–H groups in total. The summed E-state index contributed by atoms with van der Waals surface area (Å²) in [5.41, 5.74) is 6.32. The Morgan fingerprint density at radius 1 is 0.485 bits per heavy atom. The van der Waals surface area contributed by atoms with Gasteiger partial charge < -0.3 is 20.4 Å². The van der Waals surface area contributed by atoms with E-state index in [0.717, 1.165) is 54.9 Å². The van der Waals surface area contributed by atoms with Gasteiger partial charge in [-0.3, -0.25) is 29.1 Å². The van der Waals surface area contributed by atoms with Crippen LogP contribution in [0.4, 0.5) is 0 Å². The Balaban J connectivity index is 0.912. The minimum Gasteiger partial charge on any atom is -0.336 e. The molecular formula is C54H50N8O4S2. The van der Waals surface area contributed by atoms with E-state index in [4.69, 9.17) is 9.97 Å². The van der Waals surface area contributed by atoms with Gasteiger partial charge in [0.25, 0.3) is 11.8 Å². The molecule has 0 saturated carbocycles. The zero-order chi connectivity index (χ0) is 47.2. The van der Waals surface area contributed by atoms with Gasteiger partial charge in [-0.25, -0.2) is 9.97 Å². The lowest BCUT2D eigenvalue weighted by Crippen LogP contribution is -2.43. The summed E-state index contributed by atoms with van der Waals surface area (Å²) < 4.78 is 0. The van der Waals surface area contributed by atoms with Crippen LogP contribution in [0.2, 0.25) is 0 Å². The van der Waals surface area contributed by atoms with Crippen LogP contribution >= 0.6 is 22.7 Å². The number of hydrogen-bond donors (Lipinski definition) is 2. The molecule has 0 aliphatic heterocycles. The van der Waals surface area contributed by atoms with Crippen molar-refractivity contribution >= 4 is 46.3 Å². The molecule has 4 amide bonds. The zero-order valence-corrected chi connectivity index (χ0v) is 39.3. The van der Waals surface area contributed by atoms with E-state index in [-0.39, 0.29) is 23.6 Å². The van der Waals surface area contributed by atoms with Crippen LogP contribution in [0.5, 0.6) is 0 Å². The SMILES string of the molecule is CCCN(Cc1ncc(-c2ccc(-c3ccc(-c4cnc(CN(CCC)C(=O)C(NC(=O)c5cccnc5)c5ccccc5)s4)cc3)cc2)s1)C(=O)C(NC(=O)c1cccnc1)c1ccccc1. The maximum absolute atomic E-state index is 14.2. The third-order valence-electron chi connectivity index (χ3n) is 11.2. The van der Waals surface area contributed by atoms with Gasteiger partial charge in [-0.15, -0.1) is 22.7 Å². The number of benzene rings is 4. The molecule has 12 nitrogen and oxygen atoms in total. The molecule has 68 heavy (non-hydrogen) atoms. The Morgan fingerprint density at radius 2 is 0.868 bits per heavy atom. The van der Waals surface area contributed by atoms with E-state index < -0.39 is 12.1 Å². The molecule has 0 aliphatic rings. The van der Waals surface area contributed by atoms with Gasteiger partial charge in [0.05, 0.1) is 34.0 Å². The van der Waals surface area contributed by atoms with Crippen molar-refractivity contribution in [2.75, 3.05) is 13.1 Å². The van der Waals surface area contributed by atoms with E-state index in [1.165, 1.54) is 12.4 Å². The van der Waals surface area contributed by atoms with Crippen molar-refractivity contribution in [1.82, 2.24) is 40.4 Å². The average molecular weight is 939 g/mol. The van der Waals surface area contributed by atoms with Crippen molar-refractivity contribution in [3.8, 4) is 32.0 Å². The molecule has 0 radical (unpaired) electrons. The molecular weight excluding hydrogens is 889 g/mol. The fourth-order valence-electron chi connectivity index (χ4n) is 7.74. The van der Waals surface area contributed by atoms with E-state index in [1.54, 1.807) is 69.1 Å². The molecule has 0 saturated heterocycles. The highest BCUT2D eigenvalue weighted by Crippen LogP contribution is 2.33. The second-order valence-electron chi connectivity index (χ2n) is 16.0. The van der Waals surface area contributed by atoms with Crippen molar-refractivity contribution in [3.63, 3.8) is 0 Å². The second kappa shape index (κ2) is 22.7. The molecule has 2 atom stereocenters. The van der Waals surface area contributed by atoms with E-state index >= 15 is 0 Å². The van der Waals surface area contributed by atoms with Crippen molar-refractivity contribution in [3.05, 3.63) is 203 Å². The lowest BCUT2D eigenvalue weighted by Gasteiger charge is -2.27. The van der Waals surface area contributed by atoms with Gasteiger partial charge in [0.15, 0.2) is 0 Å². The van der Waals surface area contributed by atoms with Crippen LogP contribution in [0.1, 0.15) is 80.6 Å². The van der Waals surface area contributed by atoms with Gasteiger partial charge in [-0.05, 0) is 70.5 Å². The predicted molar refractivity (Wildman–Crippen MR) is 267 cm³/mol. The monoisotopic (exact) mass is 938 g/mol. The molecule has 0 bridgehead atoms. The lowest BCUT2D eigenvalue weighted by molar-refractivity contribution is -0.134. The second-order valence-corrected chi connectivity index (χ2v) is 18.3. The summed E-state index contributed by atoms with van der Waals surface area (Å²) in [6.45, 7) is 5.68. The molecule has 342 valence electrons. The number of amides is 4. The molecule has 0 fully saturated rings. The summed E-state index contributed by atoms with van der Waals surface area (Å²) in [7, 11) is 0. The fraction of sp³-hybridized carbons (Fsp3) is 0.185. The number of thiazole rings is 2.